The number of hydrogen-bond acceptors (Lipinski definition) is 4. The second-order valence-corrected chi connectivity index (χ2v) is 6.36. The molecule has 1 aromatic carbocycles. The molecule has 0 bridgehead atoms. The Morgan fingerprint density at radius 2 is 2.00 bits per heavy atom. The molecule has 1 saturated carbocycles. The maximum atomic E-state index is 13.5. The van der Waals surface area contributed by atoms with Crippen LogP contribution in [-0.2, 0) is 0 Å². The van der Waals surface area contributed by atoms with Crippen LogP contribution < -0.4 is 5.73 Å². The lowest BCUT2D eigenvalue weighted by Gasteiger charge is -2.18. The molecule has 1 aliphatic carbocycles. The summed E-state index contributed by atoms with van der Waals surface area (Å²) in [4.78, 5) is 0. The number of anilines is 1. The zero-order valence-electron chi connectivity index (χ0n) is 12.0. The standard InChI is InChI=1S/C14H17F2N5/c1-14(2)4-3-8(7-14)21-13(18-19-20-21)9-5-10(15)11(16)6-12(9)17/h5-6,8H,3-4,7,17H2,1-2H3. The van der Waals surface area contributed by atoms with E-state index in [0.717, 1.165) is 31.4 Å². The highest BCUT2D eigenvalue weighted by atomic mass is 19.2. The predicted molar refractivity (Wildman–Crippen MR) is 74.3 cm³/mol. The number of aromatic nitrogens is 4. The molecule has 2 N–H and O–H groups in total. The lowest BCUT2D eigenvalue weighted by atomic mass is 9.92. The van der Waals surface area contributed by atoms with Gasteiger partial charge >= 0.3 is 0 Å². The summed E-state index contributed by atoms with van der Waals surface area (Å²) in [5, 5.41) is 11.6. The number of hydrogen-bond donors (Lipinski definition) is 1. The molecule has 7 heteroatoms. The summed E-state index contributed by atoms with van der Waals surface area (Å²) in [5.74, 6) is -1.55. The smallest absolute Gasteiger partial charge is 0.184 e. The Hall–Kier alpha value is -2.05. The maximum absolute atomic E-state index is 13.5. The van der Waals surface area contributed by atoms with Gasteiger partial charge in [-0.15, -0.1) is 5.10 Å². The molecule has 0 saturated heterocycles. The molecule has 0 amide bonds. The lowest BCUT2D eigenvalue weighted by Crippen LogP contribution is -2.12. The zero-order valence-corrected chi connectivity index (χ0v) is 12.0. The van der Waals surface area contributed by atoms with Crippen molar-refractivity contribution in [1.82, 2.24) is 20.2 Å². The lowest BCUT2D eigenvalue weighted by molar-refractivity contribution is 0.349. The fraction of sp³-hybridized carbons (Fsp3) is 0.500. The summed E-state index contributed by atoms with van der Waals surface area (Å²) in [6.07, 6.45) is 2.97. The van der Waals surface area contributed by atoms with E-state index in [9.17, 15) is 8.78 Å². The summed E-state index contributed by atoms with van der Waals surface area (Å²) < 4.78 is 28.3. The van der Waals surface area contributed by atoms with Crippen LogP contribution >= 0.6 is 0 Å². The average molecular weight is 293 g/mol. The molecular formula is C14H17F2N5. The fourth-order valence-electron chi connectivity index (χ4n) is 2.98. The Bertz CT molecular complexity index is 680. The van der Waals surface area contributed by atoms with Crippen molar-refractivity contribution in [2.45, 2.75) is 39.2 Å². The summed E-state index contributed by atoms with van der Waals surface area (Å²) in [6.45, 7) is 4.39. The molecular weight excluding hydrogens is 276 g/mol. The maximum Gasteiger partial charge on any atom is 0.184 e. The highest BCUT2D eigenvalue weighted by molar-refractivity contribution is 5.71. The largest absolute Gasteiger partial charge is 0.398 e. The third-order valence-corrected chi connectivity index (χ3v) is 4.11. The van der Waals surface area contributed by atoms with Crippen LogP contribution in [0.15, 0.2) is 12.1 Å². The minimum absolute atomic E-state index is 0.127. The van der Waals surface area contributed by atoms with Crippen LogP contribution in [0.1, 0.15) is 39.2 Å². The highest BCUT2D eigenvalue weighted by Gasteiger charge is 2.34. The van der Waals surface area contributed by atoms with E-state index in [1.54, 1.807) is 4.68 Å². The van der Waals surface area contributed by atoms with Crippen molar-refractivity contribution in [1.29, 1.82) is 0 Å². The van der Waals surface area contributed by atoms with E-state index < -0.39 is 11.6 Å². The molecule has 0 radical (unpaired) electrons. The predicted octanol–water partition coefficient (Wildman–Crippen LogP) is 2.95. The van der Waals surface area contributed by atoms with E-state index in [1.807, 2.05) is 0 Å². The van der Waals surface area contributed by atoms with E-state index in [0.29, 0.717) is 11.4 Å². The van der Waals surface area contributed by atoms with Crippen LogP contribution in [0, 0.1) is 17.0 Å². The molecule has 3 rings (SSSR count). The molecule has 1 heterocycles. The Labute approximate surface area is 121 Å². The molecule has 1 atom stereocenters. The van der Waals surface area contributed by atoms with Gasteiger partial charge in [0, 0.05) is 17.3 Å². The Morgan fingerprint density at radius 1 is 1.29 bits per heavy atom. The zero-order chi connectivity index (χ0) is 15.2. The van der Waals surface area contributed by atoms with Crippen LogP contribution in [0.3, 0.4) is 0 Å². The van der Waals surface area contributed by atoms with Crippen molar-refractivity contribution >= 4 is 5.69 Å². The molecule has 0 spiro atoms. The molecule has 112 valence electrons. The molecule has 2 aromatic rings. The van der Waals surface area contributed by atoms with Crippen molar-refractivity contribution in [3.8, 4) is 11.4 Å². The number of benzene rings is 1. The summed E-state index contributed by atoms with van der Waals surface area (Å²) >= 11 is 0. The van der Waals surface area contributed by atoms with Crippen molar-refractivity contribution < 1.29 is 8.78 Å². The van der Waals surface area contributed by atoms with Gasteiger partial charge in [0.25, 0.3) is 0 Å². The topological polar surface area (TPSA) is 69.6 Å². The molecule has 1 unspecified atom stereocenters. The van der Waals surface area contributed by atoms with Crippen LogP contribution in [0.5, 0.6) is 0 Å². The molecule has 0 aliphatic heterocycles. The first kappa shape index (κ1) is 13.9. The Kier molecular flexibility index (Phi) is 3.15. The van der Waals surface area contributed by atoms with Gasteiger partial charge in [-0.05, 0) is 41.2 Å². The van der Waals surface area contributed by atoms with Crippen LogP contribution in [0.25, 0.3) is 11.4 Å². The van der Waals surface area contributed by atoms with Crippen molar-refractivity contribution in [2.24, 2.45) is 5.41 Å². The van der Waals surface area contributed by atoms with E-state index in [2.05, 4.69) is 29.4 Å². The van der Waals surface area contributed by atoms with Gasteiger partial charge in [0.2, 0.25) is 0 Å². The second kappa shape index (κ2) is 4.75. The first-order valence-corrected chi connectivity index (χ1v) is 6.90. The van der Waals surface area contributed by atoms with Gasteiger partial charge in [0.15, 0.2) is 17.5 Å². The first-order chi connectivity index (χ1) is 9.87. The summed E-state index contributed by atoms with van der Waals surface area (Å²) in [7, 11) is 0. The van der Waals surface area contributed by atoms with Crippen LogP contribution in [0.2, 0.25) is 0 Å². The summed E-state index contributed by atoms with van der Waals surface area (Å²) in [5.41, 5.74) is 6.47. The van der Waals surface area contributed by atoms with Gasteiger partial charge in [-0.25, -0.2) is 13.5 Å². The number of tetrazole rings is 1. The van der Waals surface area contributed by atoms with Gasteiger partial charge in [-0.2, -0.15) is 0 Å². The number of halogens is 2. The minimum Gasteiger partial charge on any atom is -0.398 e. The van der Waals surface area contributed by atoms with Crippen LogP contribution in [0.4, 0.5) is 14.5 Å². The normalized spacial score (nSPS) is 20.9. The molecule has 1 fully saturated rings. The van der Waals surface area contributed by atoms with E-state index >= 15 is 0 Å². The molecule has 1 aliphatic rings. The molecule has 5 nitrogen and oxygen atoms in total. The number of nitrogen functional groups attached to an aromatic ring is 1. The van der Waals surface area contributed by atoms with E-state index in [4.69, 9.17) is 5.73 Å². The van der Waals surface area contributed by atoms with Gasteiger partial charge in [-0.3, -0.25) is 0 Å². The van der Waals surface area contributed by atoms with Crippen LogP contribution in [-0.4, -0.2) is 20.2 Å². The van der Waals surface area contributed by atoms with Crippen molar-refractivity contribution in [2.75, 3.05) is 5.73 Å². The number of nitrogens with two attached hydrogens (primary N) is 1. The van der Waals surface area contributed by atoms with Crippen molar-refractivity contribution in [3.63, 3.8) is 0 Å². The Morgan fingerprint density at radius 3 is 2.67 bits per heavy atom. The van der Waals surface area contributed by atoms with Gasteiger partial charge in [0.05, 0.1) is 6.04 Å². The van der Waals surface area contributed by atoms with Crippen molar-refractivity contribution in [3.05, 3.63) is 23.8 Å². The highest BCUT2D eigenvalue weighted by Crippen LogP contribution is 2.44. The third kappa shape index (κ3) is 2.48. The minimum atomic E-state index is -0.975. The fourth-order valence-corrected chi connectivity index (χ4v) is 2.98. The molecule has 21 heavy (non-hydrogen) atoms. The molecule has 1 aromatic heterocycles. The first-order valence-electron chi connectivity index (χ1n) is 6.90. The van der Waals surface area contributed by atoms with E-state index in [-0.39, 0.29) is 17.1 Å². The quantitative estimate of drug-likeness (QED) is 0.864. The number of rotatable bonds is 2. The van der Waals surface area contributed by atoms with E-state index in [1.165, 1.54) is 0 Å². The number of nitrogens with zero attached hydrogens (tertiary/aromatic N) is 4. The third-order valence-electron chi connectivity index (χ3n) is 4.11. The monoisotopic (exact) mass is 293 g/mol. The van der Waals surface area contributed by atoms with Gasteiger partial charge < -0.3 is 5.73 Å². The second-order valence-electron chi connectivity index (χ2n) is 6.36. The SMILES string of the molecule is CC1(C)CCC(n2nnnc2-c2cc(F)c(F)cc2N)C1. The van der Waals surface area contributed by atoms with Gasteiger partial charge in [-0.1, -0.05) is 13.8 Å². The Balaban J connectivity index is 2.02. The average Bonchev–Trinajstić information content (AvgIpc) is 3.00. The summed E-state index contributed by atoms with van der Waals surface area (Å²) in [6, 6.07) is 2.16. The van der Waals surface area contributed by atoms with Gasteiger partial charge in [0.1, 0.15) is 0 Å².